The van der Waals surface area contributed by atoms with Crippen LogP contribution in [0.1, 0.15) is 51.5 Å². The molecule has 2 aliphatic heterocycles. The first-order valence-corrected chi connectivity index (χ1v) is 9.41. The fourth-order valence-corrected chi connectivity index (χ4v) is 4.37. The van der Waals surface area contributed by atoms with Gasteiger partial charge in [-0.1, -0.05) is 18.2 Å². The monoisotopic (exact) mass is 348 g/mol. The van der Waals surface area contributed by atoms with E-state index in [0.29, 0.717) is 50.1 Å². The minimum atomic E-state index is -1.13. The maximum absolute atomic E-state index is 14.0. The lowest BCUT2D eigenvalue weighted by Gasteiger charge is -2.42. The third-order valence-corrected chi connectivity index (χ3v) is 5.90. The molecule has 2 aliphatic rings. The van der Waals surface area contributed by atoms with Crippen molar-refractivity contribution in [2.24, 2.45) is 0 Å². The molecule has 2 fully saturated rings. The Kier molecular flexibility index (Phi) is 5.44. The molecule has 25 heavy (non-hydrogen) atoms. The number of benzene rings is 1. The molecule has 0 aliphatic carbocycles. The highest BCUT2D eigenvalue weighted by molar-refractivity contribution is 5.79. The maximum atomic E-state index is 14.0. The van der Waals surface area contributed by atoms with E-state index in [1.807, 2.05) is 4.90 Å². The zero-order valence-electron chi connectivity index (χ0n) is 15.2. The van der Waals surface area contributed by atoms with Gasteiger partial charge in [0.1, 0.15) is 5.82 Å². The van der Waals surface area contributed by atoms with Gasteiger partial charge in [0.25, 0.3) is 0 Å². The van der Waals surface area contributed by atoms with Crippen molar-refractivity contribution in [3.63, 3.8) is 0 Å². The number of carbonyl (C=O) groups is 1. The van der Waals surface area contributed by atoms with E-state index >= 15 is 0 Å². The van der Waals surface area contributed by atoms with Crippen LogP contribution in [0.5, 0.6) is 0 Å². The van der Waals surface area contributed by atoms with Crippen molar-refractivity contribution in [2.75, 3.05) is 19.6 Å². The van der Waals surface area contributed by atoms with Gasteiger partial charge in [-0.3, -0.25) is 9.69 Å². The number of hydrogen-bond acceptors (Lipinski definition) is 3. The summed E-state index contributed by atoms with van der Waals surface area (Å²) < 4.78 is 14.0. The third kappa shape index (κ3) is 3.87. The number of rotatable bonds is 3. The molecular weight excluding hydrogens is 319 g/mol. The molecular formula is C20H29FN2O2. The Morgan fingerprint density at radius 3 is 2.40 bits per heavy atom. The van der Waals surface area contributed by atoms with E-state index in [0.717, 1.165) is 12.8 Å². The Morgan fingerprint density at radius 1 is 1.20 bits per heavy atom. The Labute approximate surface area is 149 Å². The van der Waals surface area contributed by atoms with Gasteiger partial charge in [0.05, 0.1) is 12.1 Å². The van der Waals surface area contributed by atoms with Gasteiger partial charge < -0.3 is 10.0 Å². The van der Waals surface area contributed by atoms with Crippen LogP contribution in [0.15, 0.2) is 24.3 Å². The van der Waals surface area contributed by atoms with Crippen LogP contribution < -0.4 is 0 Å². The van der Waals surface area contributed by atoms with Crippen LogP contribution >= 0.6 is 0 Å². The summed E-state index contributed by atoms with van der Waals surface area (Å²) in [7, 11) is 0. The molecule has 1 N–H and O–H groups in total. The second kappa shape index (κ2) is 7.42. The van der Waals surface area contributed by atoms with E-state index in [1.165, 1.54) is 12.5 Å². The van der Waals surface area contributed by atoms with Crippen LogP contribution in [0.25, 0.3) is 0 Å². The molecule has 0 radical (unpaired) electrons. The summed E-state index contributed by atoms with van der Waals surface area (Å²) in [5.74, 6) is -0.179. The van der Waals surface area contributed by atoms with E-state index in [9.17, 15) is 14.3 Å². The molecule has 2 heterocycles. The van der Waals surface area contributed by atoms with Crippen molar-refractivity contribution in [3.05, 3.63) is 35.6 Å². The molecule has 0 aromatic heterocycles. The number of nitrogens with zero attached hydrogens (tertiary/aromatic N) is 2. The van der Waals surface area contributed by atoms with Gasteiger partial charge in [-0.15, -0.1) is 0 Å². The first-order chi connectivity index (χ1) is 11.9. The molecule has 0 spiro atoms. The second-order valence-electron chi connectivity index (χ2n) is 7.72. The van der Waals surface area contributed by atoms with Crippen LogP contribution in [0, 0.1) is 5.82 Å². The zero-order valence-corrected chi connectivity index (χ0v) is 15.2. The number of likely N-dealkylation sites (tertiary alicyclic amines) is 2. The van der Waals surface area contributed by atoms with Gasteiger partial charge in [-0.05, 0) is 52.0 Å². The van der Waals surface area contributed by atoms with E-state index in [-0.39, 0.29) is 11.7 Å². The molecule has 1 aromatic rings. The summed E-state index contributed by atoms with van der Waals surface area (Å²) >= 11 is 0. The quantitative estimate of drug-likeness (QED) is 0.913. The Balaban J connectivity index is 1.59. The average Bonchev–Trinajstić information content (AvgIpc) is 2.57. The highest BCUT2D eigenvalue weighted by Crippen LogP contribution is 2.34. The van der Waals surface area contributed by atoms with Crippen molar-refractivity contribution in [3.8, 4) is 0 Å². The van der Waals surface area contributed by atoms with Crippen LogP contribution in [-0.2, 0) is 10.4 Å². The van der Waals surface area contributed by atoms with Crippen molar-refractivity contribution >= 4 is 5.91 Å². The van der Waals surface area contributed by atoms with Crippen LogP contribution in [0.3, 0.4) is 0 Å². The molecule has 3 rings (SSSR count). The lowest BCUT2D eigenvalue weighted by Crippen LogP contribution is -2.53. The SMILES string of the molecule is CC1CCCC(C)N1C(=O)CN1CCC(O)(c2ccccc2F)CC1. The topological polar surface area (TPSA) is 43.8 Å². The smallest absolute Gasteiger partial charge is 0.237 e. The largest absolute Gasteiger partial charge is 0.385 e. The van der Waals surface area contributed by atoms with Crippen LogP contribution in [0.4, 0.5) is 4.39 Å². The molecule has 0 saturated carbocycles. The molecule has 2 unspecified atom stereocenters. The average molecular weight is 348 g/mol. The van der Waals surface area contributed by atoms with Crippen molar-refractivity contribution in [1.29, 1.82) is 0 Å². The zero-order chi connectivity index (χ0) is 18.0. The normalized spacial score (nSPS) is 27.3. The van der Waals surface area contributed by atoms with Crippen molar-refractivity contribution < 1.29 is 14.3 Å². The number of amides is 1. The van der Waals surface area contributed by atoms with Crippen LogP contribution in [-0.4, -0.2) is 52.5 Å². The number of hydrogen-bond donors (Lipinski definition) is 1. The summed E-state index contributed by atoms with van der Waals surface area (Å²) in [6.45, 7) is 5.85. The fourth-order valence-electron chi connectivity index (χ4n) is 4.37. The molecule has 1 amide bonds. The Morgan fingerprint density at radius 2 is 1.80 bits per heavy atom. The molecule has 2 atom stereocenters. The minimum Gasteiger partial charge on any atom is -0.385 e. The minimum absolute atomic E-state index is 0.177. The predicted octanol–water partition coefficient (Wildman–Crippen LogP) is 2.90. The summed E-state index contributed by atoms with van der Waals surface area (Å²) in [6.07, 6.45) is 4.23. The summed E-state index contributed by atoms with van der Waals surface area (Å²) in [6, 6.07) is 7.05. The van der Waals surface area contributed by atoms with Gasteiger partial charge >= 0.3 is 0 Å². The van der Waals surface area contributed by atoms with Crippen LogP contribution in [0.2, 0.25) is 0 Å². The Bertz CT molecular complexity index is 603. The highest BCUT2D eigenvalue weighted by Gasteiger charge is 2.37. The molecule has 2 saturated heterocycles. The standard InChI is InChI=1S/C20H29FN2O2/c1-15-6-5-7-16(2)23(15)19(24)14-22-12-10-20(25,11-13-22)17-8-3-4-9-18(17)21/h3-4,8-9,15-16,25H,5-7,10-14H2,1-2H3. The second-order valence-corrected chi connectivity index (χ2v) is 7.72. The van der Waals surface area contributed by atoms with Crippen molar-refractivity contribution in [1.82, 2.24) is 9.80 Å². The van der Waals surface area contributed by atoms with E-state index in [1.54, 1.807) is 18.2 Å². The summed E-state index contributed by atoms with van der Waals surface area (Å²) in [5.41, 5.74) is -0.754. The third-order valence-electron chi connectivity index (χ3n) is 5.90. The number of carbonyl (C=O) groups excluding carboxylic acids is 1. The van der Waals surface area contributed by atoms with Gasteiger partial charge in [0.15, 0.2) is 0 Å². The van der Waals surface area contributed by atoms with Gasteiger partial charge in [0, 0.05) is 30.7 Å². The first kappa shape index (κ1) is 18.3. The van der Waals surface area contributed by atoms with Gasteiger partial charge in [-0.2, -0.15) is 0 Å². The number of aliphatic hydroxyl groups is 1. The molecule has 1 aromatic carbocycles. The number of piperidine rings is 2. The molecule has 4 nitrogen and oxygen atoms in total. The van der Waals surface area contributed by atoms with E-state index in [2.05, 4.69) is 18.7 Å². The summed E-state index contributed by atoms with van der Waals surface area (Å²) in [5, 5.41) is 10.8. The fraction of sp³-hybridized carbons (Fsp3) is 0.650. The van der Waals surface area contributed by atoms with Crippen molar-refractivity contribution in [2.45, 2.75) is 63.6 Å². The molecule has 0 bridgehead atoms. The van der Waals surface area contributed by atoms with E-state index < -0.39 is 5.60 Å². The number of halogens is 1. The predicted molar refractivity (Wildman–Crippen MR) is 95.6 cm³/mol. The van der Waals surface area contributed by atoms with E-state index in [4.69, 9.17) is 0 Å². The van der Waals surface area contributed by atoms with Gasteiger partial charge in [0.2, 0.25) is 5.91 Å². The summed E-state index contributed by atoms with van der Waals surface area (Å²) in [4.78, 5) is 16.9. The van der Waals surface area contributed by atoms with Gasteiger partial charge in [-0.25, -0.2) is 4.39 Å². The lowest BCUT2D eigenvalue weighted by molar-refractivity contribution is -0.139. The Hall–Kier alpha value is -1.46. The highest BCUT2D eigenvalue weighted by atomic mass is 19.1. The maximum Gasteiger partial charge on any atom is 0.237 e. The molecule has 138 valence electrons. The first-order valence-electron chi connectivity index (χ1n) is 9.41. The lowest BCUT2D eigenvalue weighted by atomic mass is 9.84. The molecule has 5 heteroatoms.